The highest BCUT2D eigenvalue weighted by Gasteiger charge is 2.53. The maximum atomic E-state index is 13.5. The number of likely N-dealkylation sites (N-methyl/N-ethyl adjacent to an activating group) is 1. The third-order valence-corrected chi connectivity index (χ3v) is 6.09. The zero-order valence-electron chi connectivity index (χ0n) is 15.6. The second kappa shape index (κ2) is 7.24. The van der Waals surface area contributed by atoms with Crippen LogP contribution in [0.15, 0.2) is 60.7 Å². The molecule has 0 radical (unpaired) electrons. The largest absolute Gasteiger partial charge is 0.337 e. The van der Waals surface area contributed by atoms with E-state index < -0.39 is 0 Å². The van der Waals surface area contributed by atoms with Crippen LogP contribution in [0.4, 0.5) is 0 Å². The van der Waals surface area contributed by atoms with Gasteiger partial charge in [-0.25, -0.2) is 0 Å². The SMILES string of the molecule is CN(C(=O)C1(c2ccccc2)CC1)C(CN1CCCC1)c1ccccc1. The van der Waals surface area contributed by atoms with Gasteiger partial charge in [0.2, 0.25) is 5.91 Å². The number of hydrogen-bond acceptors (Lipinski definition) is 2. The zero-order valence-corrected chi connectivity index (χ0v) is 15.6. The molecule has 1 aliphatic carbocycles. The van der Waals surface area contributed by atoms with Crippen LogP contribution in [0.25, 0.3) is 0 Å². The summed E-state index contributed by atoms with van der Waals surface area (Å²) in [5, 5.41) is 0. The number of benzene rings is 2. The fraction of sp³-hybridized carbons (Fsp3) is 0.435. The Morgan fingerprint density at radius 3 is 2.15 bits per heavy atom. The summed E-state index contributed by atoms with van der Waals surface area (Å²) < 4.78 is 0. The fourth-order valence-electron chi connectivity index (χ4n) is 4.32. The van der Waals surface area contributed by atoms with Gasteiger partial charge in [-0.2, -0.15) is 0 Å². The van der Waals surface area contributed by atoms with E-state index in [-0.39, 0.29) is 17.4 Å². The molecule has 0 aromatic heterocycles. The van der Waals surface area contributed by atoms with Gasteiger partial charge in [0.1, 0.15) is 0 Å². The van der Waals surface area contributed by atoms with Crippen molar-refractivity contribution < 1.29 is 4.79 Å². The van der Waals surface area contributed by atoms with Crippen LogP contribution >= 0.6 is 0 Å². The van der Waals surface area contributed by atoms with Crippen molar-refractivity contribution in [3.8, 4) is 0 Å². The predicted molar refractivity (Wildman–Crippen MR) is 105 cm³/mol. The summed E-state index contributed by atoms with van der Waals surface area (Å²) in [6.45, 7) is 3.22. The van der Waals surface area contributed by atoms with Crippen LogP contribution in [-0.2, 0) is 10.2 Å². The van der Waals surface area contributed by atoms with E-state index in [4.69, 9.17) is 0 Å². The monoisotopic (exact) mass is 348 g/mol. The number of carbonyl (C=O) groups excluding carboxylic acids is 1. The highest BCUT2D eigenvalue weighted by molar-refractivity contribution is 5.91. The van der Waals surface area contributed by atoms with Gasteiger partial charge >= 0.3 is 0 Å². The first-order chi connectivity index (χ1) is 12.7. The summed E-state index contributed by atoms with van der Waals surface area (Å²) in [7, 11) is 2.00. The standard InChI is InChI=1S/C23H28N2O/c1-24(22(26)23(14-15-23)20-12-6-3-7-13-20)21(18-25-16-8-9-17-25)19-10-4-2-5-11-19/h2-7,10-13,21H,8-9,14-18H2,1H3. The third kappa shape index (κ3) is 3.28. The fourth-order valence-corrected chi connectivity index (χ4v) is 4.32. The quantitative estimate of drug-likeness (QED) is 0.787. The van der Waals surface area contributed by atoms with E-state index in [2.05, 4.69) is 41.3 Å². The van der Waals surface area contributed by atoms with Gasteiger partial charge in [0.25, 0.3) is 0 Å². The second-order valence-corrected chi connectivity index (χ2v) is 7.80. The van der Waals surface area contributed by atoms with E-state index in [1.54, 1.807) is 0 Å². The van der Waals surface area contributed by atoms with Crippen LogP contribution in [0.1, 0.15) is 42.9 Å². The minimum Gasteiger partial charge on any atom is -0.337 e. The Kier molecular flexibility index (Phi) is 4.82. The Labute approximate surface area is 156 Å². The predicted octanol–water partition coefficient (Wildman–Crippen LogP) is 4.01. The molecule has 26 heavy (non-hydrogen) atoms. The molecule has 1 amide bonds. The number of carbonyl (C=O) groups is 1. The molecule has 2 fully saturated rings. The molecular weight excluding hydrogens is 320 g/mol. The number of amides is 1. The van der Waals surface area contributed by atoms with Crippen LogP contribution in [-0.4, -0.2) is 42.4 Å². The Hall–Kier alpha value is -2.13. The van der Waals surface area contributed by atoms with E-state index in [9.17, 15) is 4.79 Å². The number of nitrogens with zero attached hydrogens (tertiary/aromatic N) is 2. The molecule has 2 aliphatic rings. The summed E-state index contributed by atoms with van der Waals surface area (Å²) >= 11 is 0. The molecule has 3 heteroatoms. The third-order valence-electron chi connectivity index (χ3n) is 6.09. The lowest BCUT2D eigenvalue weighted by atomic mass is 9.93. The molecule has 1 aliphatic heterocycles. The van der Waals surface area contributed by atoms with E-state index in [0.29, 0.717) is 0 Å². The smallest absolute Gasteiger partial charge is 0.233 e. The van der Waals surface area contributed by atoms with Crippen molar-refractivity contribution in [2.24, 2.45) is 0 Å². The second-order valence-electron chi connectivity index (χ2n) is 7.80. The van der Waals surface area contributed by atoms with Gasteiger partial charge in [-0.1, -0.05) is 60.7 Å². The van der Waals surface area contributed by atoms with Gasteiger partial charge in [-0.05, 0) is 49.9 Å². The summed E-state index contributed by atoms with van der Waals surface area (Å²) in [6.07, 6.45) is 4.47. The first kappa shape index (κ1) is 17.3. The van der Waals surface area contributed by atoms with Crippen LogP contribution in [0.2, 0.25) is 0 Å². The molecule has 1 atom stereocenters. The molecule has 0 spiro atoms. The van der Waals surface area contributed by atoms with Gasteiger partial charge < -0.3 is 9.80 Å². The lowest BCUT2D eigenvalue weighted by molar-refractivity contribution is -0.135. The molecule has 3 nitrogen and oxygen atoms in total. The van der Waals surface area contributed by atoms with Gasteiger partial charge in [0.15, 0.2) is 0 Å². The Morgan fingerprint density at radius 1 is 1.00 bits per heavy atom. The summed E-state index contributed by atoms with van der Waals surface area (Å²) in [5.41, 5.74) is 2.11. The normalized spacial score (nSPS) is 19.9. The maximum absolute atomic E-state index is 13.5. The van der Waals surface area contributed by atoms with E-state index in [1.165, 1.54) is 24.0 Å². The summed E-state index contributed by atoms with van der Waals surface area (Å²) in [6, 6.07) is 21.0. The van der Waals surface area contributed by atoms with Gasteiger partial charge in [0, 0.05) is 13.6 Å². The minimum atomic E-state index is -0.298. The number of likely N-dealkylation sites (tertiary alicyclic amines) is 1. The average molecular weight is 348 g/mol. The van der Waals surface area contributed by atoms with Gasteiger partial charge in [-0.3, -0.25) is 4.79 Å². The molecule has 136 valence electrons. The van der Waals surface area contributed by atoms with Gasteiger partial charge in [-0.15, -0.1) is 0 Å². The van der Waals surface area contributed by atoms with Crippen molar-refractivity contribution >= 4 is 5.91 Å². The van der Waals surface area contributed by atoms with Crippen LogP contribution in [0, 0.1) is 0 Å². The molecule has 0 N–H and O–H groups in total. The van der Waals surface area contributed by atoms with Crippen LogP contribution in [0.3, 0.4) is 0 Å². The van der Waals surface area contributed by atoms with Crippen molar-refractivity contribution in [1.82, 2.24) is 9.80 Å². The zero-order chi connectivity index (χ0) is 18.0. The number of rotatable bonds is 6. The first-order valence-corrected chi connectivity index (χ1v) is 9.81. The summed E-state index contributed by atoms with van der Waals surface area (Å²) in [5.74, 6) is 0.275. The Bertz CT molecular complexity index is 733. The number of hydrogen-bond donors (Lipinski definition) is 0. The molecule has 4 rings (SSSR count). The van der Waals surface area contributed by atoms with Crippen molar-refractivity contribution in [2.45, 2.75) is 37.1 Å². The average Bonchev–Trinajstić information content (AvgIpc) is 3.35. The first-order valence-electron chi connectivity index (χ1n) is 9.81. The highest BCUT2D eigenvalue weighted by atomic mass is 16.2. The minimum absolute atomic E-state index is 0.114. The van der Waals surface area contributed by atoms with Crippen LogP contribution < -0.4 is 0 Å². The van der Waals surface area contributed by atoms with Crippen molar-refractivity contribution in [1.29, 1.82) is 0 Å². The lowest BCUT2D eigenvalue weighted by Gasteiger charge is -2.34. The van der Waals surface area contributed by atoms with Crippen molar-refractivity contribution in [2.75, 3.05) is 26.7 Å². The molecule has 0 bridgehead atoms. The molecule has 1 unspecified atom stereocenters. The molecule has 1 saturated carbocycles. The topological polar surface area (TPSA) is 23.6 Å². The summed E-state index contributed by atoms with van der Waals surface area (Å²) in [4.78, 5) is 18.0. The van der Waals surface area contributed by atoms with Crippen LogP contribution in [0.5, 0.6) is 0 Å². The molecule has 1 heterocycles. The molecule has 1 saturated heterocycles. The van der Waals surface area contributed by atoms with E-state index >= 15 is 0 Å². The maximum Gasteiger partial charge on any atom is 0.233 e. The highest BCUT2D eigenvalue weighted by Crippen LogP contribution is 2.50. The van der Waals surface area contributed by atoms with E-state index in [0.717, 1.165) is 32.5 Å². The van der Waals surface area contributed by atoms with E-state index in [1.807, 2.05) is 36.2 Å². The molecule has 2 aromatic carbocycles. The molecular formula is C23H28N2O. The van der Waals surface area contributed by atoms with Crippen molar-refractivity contribution in [3.63, 3.8) is 0 Å². The molecule has 2 aromatic rings. The van der Waals surface area contributed by atoms with Crippen molar-refractivity contribution in [3.05, 3.63) is 71.8 Å². The Balaban J connectivity index is 1.59. The van der Waals surface area contributed by atoms with Gasteiger partial charge in [0.05, 0.1) is 11.5 Å². The lowest BCUT2D eigenvalue weighted by Crippen LogP contribution is -2.43. The Morgan fingerprint density at radius 2 is 1.58 bits per heavy atom.